The summed E-state index contributed by atoms with van der Waals surface area (Å²) >= 11 is 0. The molecule has 0 spiro atoms. The van der Waals surface area contributed by atoms with E-state index in [0.29, 0.717) is 18.4 Å². The van der Waals surface area contributed by atoms with Gasteiger partial charge in [-0.3, -0.25) is 0 Å². The van der Waals surface area contributed by atoms with Crippen LogP contribution in [0.25, 0.3) is 0 Å². The van der Waals surface area contributed by atoms with Crippen LogP contribution in [0.1, 0.15) is 11.5 Å². The standard InChI is InChI=1S/C12H17FN2/c1-15-7-10(8-15)12(6-14)9-2-4-11(13)5-3-9/h2-5,10,12H,6-8,14H2,1H3. The summed E-state index contributed by atoms with van der Waals surface area (Å²) in [4.78, 5) is 2.27. The lowest BCUT2D eigenvalue weighted by Gasteiger charge is -2.41. The maximum absolute atomic E-state index is 12.8. The number of rotatable bonds is 3. The Morgan fingerprint density at radius 1 is 1.40 bits per heavy atom. The highest BCUT2D eigenvalue weighted by Gasteiger charge is 2.31. The zero-order valence-electron chi connectivity index (χ0n) is 8.99. The highest BCUT2D eigenvalue weighted by Crippen LogP contribution is 2.30. The molecule has 0 radical (unpaired) electrons. The molecule has 82 valence electrons. The second-order valence-corrected chi connectivity index (χ2v) is 4.38. The molecule has 15 heavy (non-hydrogen) atoms. The van der Waals surface area contributed by atoms with Crippen LogP contribution in [0.3, 0.4) is 0 Å². The van der Waals surface area contributed by atoms with Crippen molar-refractivity contribution in [2.45, 2.75) is 5.92 Å². The van der Waals surface area contributed by atoms with Gasteiger partial charge in [-0.15, -0.1) is 0 Å². The Hall–Kier alpha value is -0.930. The summed E-state index contributed by atoms with van der Waals surface area (Å²) in [6.07, 6.45) is 0. The molecule has 1 saturated heterocycles. The first-order valence-electron chi connectivity index (χ1n) is 5.35. The lowest BCUT2D eigenvalue weighted by molar-refractivity contribution is 0.112. The molecule has 0 aromatic heterocycles. The highest BCUT2D eigenvalue weighted by molar-refractivity contribution is 5.22. The van der Waals surface area contributed by atoms with Gasteiger partial charge in [0.25, 0.3) is 0 Å². The number of hydrogen-bond acceptors (Lipinski definition) is 2. The monoisotopic (exact) mass is 208 g/mol. The van der Waals surface area contributed by atoms with E-state index in [0.717, 1.165) is 18.7 Å². The van der Waals surface area contributed by atoms with Gasteiger partial charge in [0.15, 0.2) is 0 Å². The van der Waals surface area contributed by atoms with E-state index in [1.807, 2.05) is 12.1 Å². The lowest BCUT2D eigenvalue weighted by Crippen LogP contribution is -2.48. The summed E-state index contributed by atoms with van der Waals surface area (Å²) < 4.78 is 12.8. The number of nitrogens with two attached hydrogens (primary N) is 1. The molecule has 2 rings (SSSR count). The van der Waals surface area contributed by atoms with Crippen molar-refractivity contribution in [1.82, 2.24) is 4.90 Å². The van der Waals surface area contributed by atoms with E-state index in [1.165, 1.54) is 12.1 Å². The van der Waals surface area contributed by atoms with Crippen LogP contribution in [0, 0.1) is 11.7 Å². The first-order valence-corrected chi connectivity index (χ1v) is 5.35. The minimum Gasteiger partial charge on any atom is -0.330 e. The molecule has 1 fully saturated rings. The number of hydrogen-bond donors (Lipinski definition) is 1. The predicted molar refractivity (Wildman–Crippen MR) is 59.2 cm³/mol. The molecular weight excluding hydrogens is 191 g/mol. The summed E-state index contributed by atoms with van der Waals surface area (Å²) in [6.45, 7) is 2.84. The normalized spacial score (nSPS) is 19.9. The molecule has 2 nitrogen and oxygen atoms in total. The summed E-state index contributed by atoms with van der Waals surface area (Å²) in [5.41, 5.74) is 6.95. The molecule has 1 unspecified atom stereocenters. The number of nitrogens with zero attached hydrogens (tertiary/aromatic N) is 1. The molecule has 0 saturated carbocycles. The summed E-state index contributed by atoms with van der Waals surface area (Å²) in [5, 5.41) is 0. The van der Waals surface area contributed by atoms with Crippen LogP contribution in [0.2, 0.25) is 0 Å². The van der Waals surface area contributed by atoms with Gasteiger partial charge in [-0.2, -0.15) is 0 Å². The van der Waals surface area contributed by atoms with Crippen molar-refractivity contribution in [2.75, 3.05) is 26.7 Å². The molecule has 1 aliphatic heterocycles. The molecule has 2 N–H and O–H groups in total. The van der Waals surface area contributed by atoms with Crippen LogP contribution in [-0.4, -0.2) is 31.6 Å². The van der Waals surface area contributed by atoms with E-state index in [4.69, 9.17) is 5.73 Å². The van der Waals surface area contributed by atoms with Crippen LogP contribution >= 0.6 is 0 Å². The molecule has 1 aliphatic rings. The second-order valence-electron chi connectivity index (χ2n) is 4.38. The smallest absolute Gasteiger partial charge is 0.123 e. The molecule has 0 amide bonds. The topological polar surface area (TPSA) is 29.3 Å². The third-order valence-corrected chi connectivity index (χ3v) is 3.21. The first kappa shape index (κ1) is 10.6. The fourth-order valence-corrected chi connectivity index (χ4v) is 2.31. The number of halogens is 1. The Morgan fingerprint density at radius 3 is 2.47 bits per heavy atom. The third kappa shape index (κ3) is 2.19. The van der Waals surface area contributed by atoms with Gasteiger partial charge in [0.05, 0.1) is 0 Å². The first-order chi connectivity index (χ1) is 7.20. The minimum absolute atomic E-state index is 0.180. The van der Waals surface area contributed by atoms with Crippen LogP contribution in [0.5, 0.6) is 0 Å². The SMILES string of the molecule is CN1CC(C(CN)c2ccc(F)cc2)C1. The molecule has 1 atom stereocenters. The lowest BCUT2D eigenvalue weighted by atomic mass is 9.81. The summed E-state index contributed by atoms with van der Waals surface area (Å²) in [6, 6.07) is 6.73. The average molecular weight is 208 g/mol. The molecule has 0 bridgehead atoms. The van der Waals surface area contributed by atoms with Gasteiger partial charge in [-0.05, 0) is 37.2 Å². The summed E-state index contributed by atoms with van der Waals surface area (Å²) in [5.74, 6) is 0.826. The zero-order chi connectivity index (χ0) is 10.8. The highest BCUT2D eigenvalue weighted by atomic mass is 19.1. The number of benzene rings is 1. The fourth-order valence-electron chi connectivity index (χ4n) is 2.31. The second kappa shape index (κ2) is 4.29. The van der Waals surface area contributed by atoms with Crippen molar-refractivity contribution in [1.29, 1.82) is 0 Å². The van der Waals surface area contributed by atoms with Gasteiger partial charge < -0.3 is 10.6 Å². The molecular formula is C12H17FN2. The van der Waals surface area contributed by atoms with Crippen molar-refractivity contribution in [3.63, 3.8) is 0 Å². The zero-order valence-corrected chi connectivity index (χ0v) is 8.99. The average Bonchev–Trinajstić information content (AvgIpc) is 2.19. The molecule has 1 aromatic carbocycles. The molecule has 1 heterocycles. The molecule has 1 aromatic rings. The maximum atomic E-state index is 12.8. The van der Waals surface area contributed by atoms with Gasteiger partial charge >= 0.3 is 0 Å². The van der Waals surface area contributed by atoms with E-state index in [1.54, 1.807) is 0 Å². The minimum atomic E-state index is -0.180. The van der Waals surface area contributed by atoms with E-state index >= 15 is 0 Å². The Bertz CT molecular complexity index is 317. The van der Waals surface area contributed by atoms with E-state index in [-0.39, 0.29) is 5.82 Å². The van der Waals surface area contributed by atoms with Gasteiger partial charge in [0.1, 0.15) is 5.82 Å². The maximum Gasteiger partial charge on any atom is 0.123 e. The van der Waals surface area contributed by atoms with Crippen molar-refractivity contribution in [2.24, 2.45) is 11.7 Å². The molecule has 3 heteroatoms. The van der Waals surface area contributed by atoms with Crippen LogP contribution in [0.15, 0.2) is 24.3 Å². The Kier molecular flexibility index (Phi) is 3.03. The third-order valence-electron chi connectivity index (χ3n) is 3.21. The fraction of sp³-hybridized carbons (Fsp3) is 0.500. The van der Waals surface area contributed by atoms with Crippen LogP contribution in [0.4, 0.5) is 4.39 Å². The van der Waals surface area contributed by atoms with Crippen molar-refractivity contribution < 1.29 is 4.39 Å². The van der Waals surface area contributed by atoms with E-state index in [9.17, 15) is 4.39 Å². The number of likely N-dealkylation sites (tertiary alicyclic amines) is 1. The van der Waals surface area contributed by atoms with Gasteiger partial charge in [0.2, 0.25) is 0 Å². The van der Waals surface area contributed by atoms with Crippen molar-refractivity contribution >= 4 is 0 Å². The van der Waals surface area contributed by atoms with Crippen LogP contribution < -0.4 is 5.73 Å². The Morgan fingerprint density at radius 2 is 2.00 bits per heavy atom. The Labute approximate surface area is 89.9 Å². The molecule has 0 aliphatic carbocycles. The largest absolute Gasteiger partial charge is 0.330 e. The van der Waals surface area contributed by atoms with Gasteiger partial charge in [0, 0.05) is 19.0 Å². The Balaban J connectivity index is 2.09. The van der Waals surface area contributed by atoms with Crippen molar-refractivity contribution in [3.05, 3.63) is 35.6 Å². The van der Waals surface area contributed by atoms with Gasteiger partial charge in [-0.25, -0.2) is 4.39 Å². The van der Waals surface area contributed by atoms with Gasteiger partial charge in [-0.1, -0.05) is 12.1 Å². The van der Waals surface area contributed by atoms with Crippen molar-refractivity contribution in [3.8, 4) is 0 Å². The van der Waals surface area contributed by atoms with E-state index < -0.39 is 0 Å². The predicted octanol–water partition coefficient (Wildman–Crippen LogP) is 1.43. The summed E-state index contributed by atoms with van der Waals surface area (Å²) in [7, 11) is 2.11. The van der Waals surface area contributed by atoms with Crippen LogP contribution in [-0.2, 0) is 0 Å². The quantitative estimate of drug-likeness (QED) is 0.814. The van der Waals surface area contributed by atoms with E-state index in [2.05, 4.69) is 11.9 Å².